The molecule has 9 heavy (non-hydrogen) atoms. The second-order valence-corrected chi connectivity index (χ2v) is 3.77. The van der Waals surface area contributed by atoms with Crippen molar-refractivity contribution in [3.8, 4) is 0 Å². The lowest BCUT2D eigenvalue weighted by atomic mass is 10.1. The Kier molecular flexibility index (Phi) is 3.20. The molecular formula is C8H14S. The van der Waals surface area contributed by atoms with Crippen LogP contribution in [0.15, 0.2) is 12.2 Å². The Morgan fingerprint density at radius 1 is 1.67 bits per heavy atom. The van der Waals surface area contributed by atoms with Gasteiger partial charge in [-0.05, 0) is 18.6 Å². The van der Waals surface area contributed by atoms with E-state index in [-0.39, 0.29) is 0 Å². The Labute approximate surface area is 61.7 Å². The Hall–Kier alpha value is 0.0900. The van der Waals surface area contributed by atoms with Gasteiger partial charge >= 0.3 is 0 Å². The first-order chi connectivity index (χ1) is 4.43. The molecule has 1 atom stereocenters. The van der Waals surface area contributed by atoms with Crippen molar-refractivity contribution in [3.63, 3.8) is 0 Å². The lowest BCUT2D eigenvalue weighted by molar-refractivity contribution is 0.888. The van der Waals surface area contributed by atoms with Crippen LogP contribution in [-0.2, 0) is 0 Å². The van der Waals surface area contributed by atoms with Crippen molar-refractivity contribution in [3.05, 3.63) is 12.2 Å². The van der Waals surface area contributed by atoms with Gasteiger partial charge in [-0.1, -0.05) is 25.5 Å². The van der Waals surface area contributed by atoms with Crippen LogP contribution >= 0.6 is 11.8 Å². The van der Waals surface area contributed by atoms with Gasteiger partial charge in [-0.15, -0.1) is 0 Å². The minimum atomic E-state index is 0.872. The molecule has 0 aliphatic heterocycles. The summed E-state index contributed by atoms with van der Waals surface area (Å²) in [6.45, 7) is 2.25. The van der Waals surface area contributed by atoms with Crippen LogP contribution in [0.25, 0.3) is 0 Å². The maximum Gasteiger partial charge on any atom is 0.0261 e. The van der Waals surface area contributed by atoms with Gasteiger partial charge in [0.05, 0.1) is 0 Å². The predicted molar refractivity (Wildman–Crippen MR) is 44.9 cm³/mol. The highest BCUT2D eigenvalue weighted by Gasteiger charge is 2.08. The van der Waals surface area contributed by atoms with Gasteiger partial charge in [0.15, 0.2) is 0 Å². The number of allylic oxidation sites excluding steroid dienone is 1. The first-order valence-corrected chi connectivity index (χ1v) is 4.76. The van der Waals surface area contributed by atoms with Gasteiger partial charge in [-0.25, -0.2) is 0 Å². The zero-order chi connectivity index (χ0) is 6.53. The lowest BCUT2D eigenvalue weighted by Gasteiger charge is -2.15. The molecule has 1 rings (SSSR count). The van der Waals surface area contributed by atoms with Crippen molar-refractivity contribution in [2.24, 2.45) is 0 Å². The Morgan fingerprint density at radius 3 is 2.89 bits per heavy atom. The van der Waals surface area contributed by atoms with Crippen LogP contribution in [0, 0.1) is 0 Å². The second kappa shape index (κ2) is 3.99. The monoisotopic (exact) mass is 142 g/mol. The molecule has 0 saturated carbocycles. The molecule has 1 aliphatic rings. The standard InChI is InChI=1S/C8H14S/c1-2-3-7-9-8-5-4-6-8/h4-5,8H,2-3,6-7H2,1H3. The summed E-state index contributed by atoms with van der Waals surface area (Å²) < 4.78 is 0. The van der Waals surface area contributed by atoms with E-state index in [1.807, 2.05) is 0 Å². The third-order valence-electron chi connectivity index (χ3n) is 1.55. The lowest BCUT2D eigenvalue weighted by Crippen LogP contribution is -2.05. The smallest absolute Gasteiger partial charge is 0.0261 e. The van der Waals surface area contributed by atoms with E-state index in [0.29, 0.717) is 0 Å². The SMILES string of the molecule is CCCCSC1C=CC1. The Bertz CT molecular complexity index is 96.7. The van der Waals surface area contributed by atoms with E-state index in [2.05, 4.69) is 30.8 Å². The summed E-state index contributed by atoms with van der Waals surface area (Å²) in [4.78, 5) is 0. The minimum absolute atomic E-state index is 0.872. The fourth-order valence-electron chi connectivity index (χ4n) is 0.750. The molecule has 0 fully saturated rings. The van der Waals surface area contributed by atoms with Crippen LogP contribution in [0.4, 0.5) is 0 Å². The van der Waals surface area contributed by atoms with Crippen LogP contribution in [0.3, 0.4) is 0 Å². The van der Waals surface area contributed by atoms with Gasteiger partial charge in [0.1, 0.15) is 0 Å². The highest BCUT2D eigenvalue weighted by atomic mass is 32.2. The van der Waals surface area contributed by atoms with Gasteiger partial charge in [-0.3, -0.25) is 0 Å². The molecule has 1 aliphatic carbocycles. The first kappa shape index (κ1) is 7.20. The van der Waals surface area contributed by atoms with E-state index in [1.165, 1.54) is 25.0 Å². The first-order valence-electron chi connectivity index (χ1n) is 3.71. The number of unbranched alkanes of at least 4 members (excludes halogenated alkanes) is 1. The Morgan fingerprint density at radius 2 is 2.44 bits per heavy atom. The van der Waals surface area contributed by atoms with Crippen LogP contribution in [0.5, 0.6) is 0 Å². The fraction of sp³-hybridized carbons (Fsp3) is 0.750. The van der Waals surface area contributed by atoms with Crippen LogP contribution in [0.1, 0.15) is 26.2 Å². The summed E-state index contributed by atoms with van der Waals surface area (Å²) in [7, 11) is 0. The molecule has 1 unspecified atom stereocenters. The quantitative estimate of drug-likeness (QED) is 0.429. The molecule has 52 valence electrons. The van der Waals surface area contributed by atoms with Crippen molar-refractivity contribution < 1.29 is 0 Å². The highest BCUT2D eigenvalue weighted by molar-refractivity contribution is 8.00. The molecule has 0 nitrogen and oxygen atoms in total. The topological polar surface area (TPSA) is 0 Å². The Balaban J connectivity index is 1.87. The van der Waals surface area contributed by atoms with Crippen LogP contribution < -0.4 is 0 Å². The molecule has 0 aromatic rings. The number of hydrogen-bond acceptors (Lipinski definition) is 1. The van der Waals surface area contributed by atoms with Gasteiger partial charge in [-0.2, -0.15) is 11.8 Å². The normalized spacial score (nSPS) is 23.9. The van der Waals surface area contributed by atoms with Gasteiger partial charge in [0.25, 0.3) is 0 Å². The molecule has 0 amide bonds. The average Bonchev–Trinajstić information content (AvgIpc) is 1.76. The highest BCUT2D eigenvalue weighted by Crippen LogP contribution is 2.24. The zero-order valence-electron chi connectivity index (χ0n) is 5.97. The molecule has 0 aromatic carbocycles. The van der Waals surface area contributed by atoms with Crippen molar-refractivity contribution in [2.45, 2.75) is 31.4 Å². The number of thioether (sulfide) groups is 1. The number of hydrogen-bond donors (Lipinski definition) is 0. The summed E-state index contributed by atoms with van der Waals surface area (Å²) in [5, 5.41) is 0.872. The van der Waals surface area contributed by atoms with E-state index in [1.54, 1.807) is 0 Å². The summed E-state index contributed by atoms with van der Waals surface area (Å²) in [6, 6.07) is 0. The largest absolute Gasteiger partial charge is 0.154 e. The average molecular weight is 142 g/mol. The zero-order valence-corrected chi connectivity index (χ0v) is 6.79. The summed E-state index contributed by atoms with van der Waals surface area (Å²) in [5.41, 5.74) is 0. The molecule has 0 heterocycles. The van der Waals surface area contributed by atoms with Crippen molar-refractivity contribution in [1.29, 1.82) is 0 Å². The molecular weight excluding hydrogens is 128 g/mol. The molecule has 1 heteroatoms. The summed E-state index contributed by atoms with van der Waals surface area (Å²) >= 11 is 2.10. The van der Waals surface area contributed by atoms with Crippen molar-refractivity contribution in [2.75, 3.05) is 5.75 Å². The van der Waals surface area contributed by atoms with Crippen LogP contribution in [0.2, 0.25) is 0 Å². The maximum atomic E-state index is 2.31. The summed E-state index contributed by atoms with van der Waals surface area (Å²) in [6.07, 6.45) is 8.59. The van der Waals surface area contributed by atoms with E-state index in [0.717, 1.165) is 5.25 Å². The van der Waals surface area contributed by atoms with Gasteiger partial charge in [0, 0.05) is 5.25 Å². The second-order valence-electron chi connectivity index (χ2n) is 2.43. The molecule has 0 spiro atoms. The molecule has 0 saturated heterocycles. The predicted octanol–water partition coefficient (Wildman–Crippen LogP) is 2.85. The third-order valence-corrected chi connectivity index (χ3v) is 2.85. The van der Waals surface area contributed by atoms with Gasteiger partial charge < -0.3 is 0 Å². The van der Waals surface area contributed by atoms with Crippen molar-refractivity contribution in [1.82, 2.24) is 0 Å². The van der Waals surface area contributed by atoms with E-state index >= 15 is 0 Å². The van der Waals surface area contributed by atoms with E-state index < -0.39 is 0 Å². The maximum absolute atomic E-state index is 2.31. The molecule has 0 bridgehead atoms. The van der Waals surface area contributed by atoms with E-state index in [4.69, 9.17) is 0 Å². The minimum Gasteiger partial charge on any atom is -0.154 e. The molecule has 0 aromatic heterocycles. The van der Waals surface area contributed by atoms with Gasteiger partial charge in [0.2, 0.25) is 0 Å². The fourth-order valence-corrected chi connectivity index (χ4v) is 1.98. The molecule has 0 N–H and O–H groups in total. The van der Waals surface area contributed by atoms with E-state index in [9.17, 15) is 0 Å². The molecule has 0 radical (unpaired) electrons. The van der Waals surface area contributed by atoms with Crippen molar-refractivity contribution >= 4 is 11.8 Å². The van der Waals surface area contributed by atoms with Crippen LogP contribution in [-0.4, -0.2) is 11.0 Å². The third kappa shape index (κ3) is 2.44. The number of rotatable bonds is 4. The summed E-state index contributed by atoms with van der Waals surface area (Å²) in [5.74, 6) is 1.35.